The molecule has 0 saturated carbocycles. The molecule has 0 atom stereocenters. The van der Waals surface area contributed by atoms with Crippen LogP contribution in [0.4, 0.5) is 0 Å². The summed E-state index contributed by atoms with van der Waals surface area (Å²) in [4.78, 5) is 11.1. The fourth-order valence-electron chi connectivity index (χ4n) is 0.714. The lowest BCUT2D eigenvalue weighted by molar-refractivity contribution is -0.139. The molecular weight excluding hydrogens is 172 g/mol. The first-order chi connectivity index (χ1) is 6.13. The summed E-state index contributed by atoms with van der Waals surface area (Å²) in [5, 5.41) is 17.7. The molecule has 76 valence electrons. The Morgan fingerprint density at radius 3 is 2.54 bits per heavy atom. The Balaban J connectivity index is 4.13. The zero-order valence-corrected chi connectivity index (χ0v) is 8.04. The summed E-state index contributed by atoms with van der Waals surface area (Å²) in [5.41, 5.74) is 0.169. The predicted molar refractivity (Wildman–Crippen MR) is 48.3 cm³/mol. The van der Waals surface area contributed by atoms with Crippen LogP contribution < -0.4 is 0 Å². The van der Waals surface area contributed by atoms with Crippen LogP contribution in [0.1, 0.15) is 26.7 Å². The average Bonchev–Trinajstić information content (AvgIpc) is 2.13. The van der Waals surface area contributed by atoms with E-state index in [2.05, 4.69) is 0 Å². The van der Waals surface area contributed by atoms with Crippen LogP contribution in [-0.2, 0) is 9.53 Å². The number of ether oxygens (including phenoxy) is 1. The Kier molecular flexibility index (Phi) is 5.97. The third kappa shape index (κ3) is 4.52. The lowest BCUT2D eigenvalue weighted by Crippen LogP contribution is -2.09. The van der Waals surface area contributed by atoms with Gasteiger partial charge in [-0.3, -0.25) is 0 Å². The van der Waals surface area contributed by atoms with Crippen molar-refractivity contribution in [3.63, 3.8) is 0 Å². The van der Waals surface area contributed by atoms with Crippen LogP contribution in [0, 0.1) is 0 Å². The molecule has 0 unspecified atom stereocenters. The number of carbonyl (C=O) groups is 1. The maximum atomic E-state index is 11.1. The highest BCUT2D eigenvalue weighted by molar-refractivity contribution is 5.88. The highest BCUT2D eigenvalue weighted by Crippen LogP contribution is 2.06. The van der Waals surface area contributed by atoms with Crippen LogP contribution in [0.2, 0.25) is 0 Å². The summed E-state index contributed by atoms with van der Waals surface area (Å²) in [5.74, 6) is -0.628. The van der Waals surface area contributed by atoms with Crippen molar-refractivity contribution in [3.05, 3.63) is 11.3 Å². The van der Waals surface area contributed by atoms with Crippen molar-refractivity contribution in [1.82, 2.24) is 0 Å². The van der Waals surface area contributed by atoms with Crippen LogP contribution >= 0.6 is 0 Å². The van der Waals surface area contributed by atoms with Crippen LogP contribution in [0.5, 0.6) is 0 Å². The van der Waals surface area contributed by atoms with Gasteiger partial charge in [-0.25, -0.2) is 4.79 Å². The van der Waals surface area contributed by atoms with E-state index >= 15 is 0 Å². The zero-order chi connectivity index (χ0) is 10.3. The highest BCUT2D eigenvalue weighted by Gasteiger charge is 2.10. The smallest absolute Gasteiger partial charge is 0.337 e. The molecule has 0 bridgehead atoms. The molecule has 4 nitrogen and oxygen atoms in total. The van der Waals surface area contributed by atoms with Crippen molar-refractivity contribution >= 4 is 5.97 Å². The first kappa shape index (κ1) is 12.0. The van der Waals surface area contributed by atoms with Crippen molar-refractivity contribution in [2.24, 2.45) is 0 Å². The second kappa shape index (κ2) is 6.48. The Hall–Kier alpha value is -1.03. The van der Waals surface area contributed by atoms with E-state index in [1.165, 1.54) is 6.92 Å². The van der Waals surface area contributed by atoms with Gasteiger partial charge in [0.25, 0.3) is 0 Å². The minimum absolute atomic E-state index is 0.0903. The molecule has 0 saturated heterocycles. The van der Waals surface area contributed by atoms with Gasteiger partial charge in [-0.05, 0) is 13.3 Å². The van der Waals surface area contributed by atoms with Crippen LogP contribution in [0.3, 0.4) is 0 Å². The molecule has 0 fully saturated rings. The van der Waals surface area contributed by atoms with Crippen LogP contribution in [0.25, 0.3) is 0 Å². The molecule has 0 aromatic rings. The second-order valence-corrected chi connectivity index (χ2v) is 2.68. The van der Waals surface area contributed by atoms with Crippen molar-refractivity contribution in [3.8, 4) is 0 Å². The van der Waals surface area contributed by atoms with Gasteiger partial charge in [-0.1, -0.05) is 6.92 Å². The maximum absolute atomic E-state index is 11.1. The average molecular weight is 188 g/mol. The minimum atomic E-state index is -0.521. The number of aliphatic hydroxyl groups is 2. The van der Waals surface area contributed by atoms with E-state index in [9.17, 15) is 9.90 Å². The van der Waals surface area contributed by atoms with Crippen molar-refractivity contribution in [2.45, 2.75) is 26.7 Å². The van der Waals surface area contributed by atoms with Crippen LogP contribution in [0.15, 0.2) is 11.3 Å². The summed E-state index contributed by atoms with van der Waals surface area (Å²) >= 11 is 0. The fourth-order valence-corrected chi connectivity index (χ4v) is 0.714. The topological polar surface area (TPSA) is 66.8 Å². The molecular formula is C9H16O4. The monoisotopic (exact) mass is 188 g/mol. The molecule has 2 N–H and O–H groups in total. The van der Waals surface area contributed by atoms with E-state index in [1.807, 2.05) is 6.92 Å². The molecule has 0 heterocycles. The molecule has 0 rings (SSSR count). The molecule has 0 aromatic carbocycles. The van der Waals surface area contributed by atoms with Gasteiger partial charge in [0, 0.05) is 6.42 Å². The molecule has 0 aliphatic rings. The van der Waals surface area contributed by atoms with Gasteiger partial charge in [0.05, 0.1) is 18.8 Å². The molecule has 0 radical (unpaired) electrons. The molecule has 0 aliphatic heterocycles. The van der Waals surface area contributed by atoms with Gasteiger partial charge in [-0.15, -0.1) is 0 Å². The summed E-state index contributed by atoms with van der Waals surface area (Å²) < 4.78 is 4.78. The normalized spacial score (nSPS) is 12.2. The molecule has 13 heavy (non-hydrogen) atoms. The number of hydrogen-bond acceptors (Lipinski definition) is 4. The van der Waals surface area contributed by atoms with Gasteiger partial charge in [0.15, 0.2) is 0 Å². The van der Waals surface area contributed by atoms with Crippen LogP contribution in [-0.4, -0.2) is 29.4 Å². The summed E-state index contributed by atoms with van der Waals surface area (Å²) in [6.45, 7) is 3.54. The Labute approximate surface area is 77.8 Å². The third-order valence-electron chi connectivity index (χ3n) is 1.52. The van der Waals surface area contributed by atoms with E-state index in [0.717, 1.165) is 6.42 Å². The largest absolute Gasteiger partial charge is 0.512 e. The van der Waals surface area contributed by atoms with E-state index < -0.39 is 5.97 Å². The lowest BCUT2D eigenvalue weighted by Gasteiger charge is -2.05. The number of esters is 1. The summed E-state index contributed by atoms with van der Waals surface area (Å²) in [6, 6.07) is 0. The Bertz CT molecular complexity index is 196. The summed E-state index contributed by atoms with van der Waals surface area (Å²) in [6.07, 6.45) is 0.840. The predicted octanol–water partition coefficient (Wildman–Crippen LogP) is 1.15. The van der Waals surface area contributed by atoms with E-state index in [-0.39, 0.29) is 24.4 Å². The van der Waals surface area contributed by atoms with Gasteiger partial charge in [-0.2, -0.15) is 0 Å². The number of aliphatic hydroxyl groups excluding tert-OH is 2. The van der Waals surface area contributed by atoms with Crippen molar-refractivity contribution in [2.75, 3.05) is 13.2 Å². The van der Waals surface area contributed by atoms with Gasteiger partial charge in [0.2, 0.25) is 0 Å². The quantitative estimate of drug-likeness (QED) is 0.386. The Morgan fingerprint density at radius 1 is 1.46 bits per heavy atom. The molecule has 0 amide bonds. The second-order valence-electron chi connectivity index (χ2n) is 2.68. The number of rotatable bonds is 5. The first-order valence-corrected chi connectivity index (χ1v) is 4.30. The molecule has 0 aliphatic carbocycles. The maximum Gasteiger partial charge on any atom is 0.337 e. The standard InChI is InChI=1S/C9H16O4/c1-3-6-13-9(12)7(2)8(11)4-5-10/h10-11H,3-6H2,1-2H3. The van der Waals surface area contributed by atoms with Gasteiger partial charge >= 0.3 is 5.97 Å². The van der Waals surface area contributed by atoms with Crippen molar-refractivity contribution in [1.29, 1.82) is 0 Å². The minimum Gasteiger partial charge on any atom is -0.512 e. The molecule has 0 spiro atoms. The lowest BCUT2D eigenvalue weighted by atomic mass is 10.2. The number of carbonyl (C=O) groups excluding carboxylic acids is 1. The number of hydrogen-bond donors (Lipinski definition) is 2. The van der Waals surface area contributed by atoms with E-state index in [4.69, 9.17) is 9.84 Å². The Morgan fingerprint density at radius 2 is 2.08 bits per heavy atom. The van der Waals surface area contributed by atoms with Crippen molar-refractivity contribution < 1.29 is 19.7 Å². The molecule has 4 heteroatoms. The van der Waals surface area contributed by atoms with E-state index in [1.54, 1.807) is 0 Å². The first-order valence-electron chi connectivity index (χ1n) is 4.30. The SMILES string of the molecule is CCCOC(=O)C(C)=C(O)CCO. The fraction of sp³-hybridized carbons (Fsp3) is 0.667. The van der Waals surface area contributed by atoms with Gasteiger partial charge < -0.3 is 14.9 Å². The zero-order valence-electron chi connectivity index (χ0n) is 8.04. The van der Waals surface area contributed by atoms with E-state index in [0.29, 0.717) is 6.61 Å². The summed E-state index contributed by atoms with van der Waals surface area (Å²) in [7, 11) is 0. The highest BCUT2D eigenvalue weighted by atomic mass is 16.5. The third-order valence-corrected chi connectivity index (χ3v) is 1.52. The van der Waals surface area contributed by atoms with Gasteiger partial charge in [0.1, 0.15) is 5.76 Å². The molecule has 0 aromatic heterocycles.